The second-order valence-corrected chi connectivity index (χ2v) is 6.36. The van der Waals surface area contributed by atoms with Crippen LogP contribution in [0.3, 0.4) is 0 Å². The van der Waals surface area contributed by atoms with Crippen LogP contribution in [0.1, 0.15) is 25.3 Å². The van der Waals surface area contributed by atoms with Gasteiger partial charge in [0.1, 0.15) is 5.76 Å². The monoisotopic (exact) mass is 332 g/mol. The number of oxazole rings is 1. The minimum atomic E-state index is -0.952. The van der Waals surface area contributed by atoms with Crippen molar-refractivity contribution in [3.63, 3.8) is 0 Å². The zero-order valence-electron chi connectivity index (χ0n) is 13.9. The molecule has 24 heavy (non-hydrogen) atoms. The van der Waals surface area contributed by atoms with E-state index < -0.39 is 5.60 Å². The van der Waals surface area contributed by atoms with Crippen LogP contribution in [0.5, 0.6) is 11.5 Å². The van der Waals surface area contributed by atoms with E-state index in [0.29, 0.717) is 28.8 Å². The van der Waals surface area contributed by atoms with E-state index in [1.165, 1.54) is 0 Å². The maximum atomic E-state index is 12.0. The molecule has 1 aliphatic heterocycles. The van der Waals surface area contributed by atoms with E-state index in [4.69, 9.17) is 13.9 Å². The Morgan fingerprint density at radius 2 is 2.08 bits per heavy atom. The van der Waals surface area contributed by atoms with E-state index in [0.717, 1.165) is 5.56 Å². The van der Waals surface area contributed by atoms with E-state index >= 15 is 0 Å². The third-order valence-corrected chi connectivity index (χ3v) is 3.56. The van der Waals surface area contributed by atoms with Crippen LogP contribution in [0.15, 0.2) is 22.6 Å². The van der Waals surface area contributed by atoms with Gasteiger partial charge in [0.05, 0.1) is 17.7 Å². The summed E-state index contributed by atoms with van der Waals surface area (Å²) in [6.45, 7) is 5.41. The van der Waals surface area contributed by atoms with Gasteiger partial charge < -0.3 is 24.3 Å². The van der Waals surface area contributed by atoms with Crippen molar-refractivity contribution in [2.75, 3.05) is 13.3 Å². The zero-order chi connectivity index (χ0) is 17.3. The first kappa shape index (κ1) is 16.3. The third-order valence-electron chi connectivity index (χ3n) is 3.56. The maximum Gasteiger partial charge on any atom is 0.231 e. The first-order valence-corrected chi connectivity index (χ1v) is 7.67. The van der Waals surface area contributed by atoms with Crippen LogP contribution in [0.2, 0.25) is 0 Å². The summed E-state index contributed by atoms with van der Waals surface area (Å²) in [7, 11) is 0. The Labute approximate surface area is 139 Å². The highest BCUT2D eigenvalue weighted by Gasteiger charge is 2.19. The van der Waals surface area contributed by atoms with Crippen molar-refractivity contribution in [2.24, 2.45) is 0 Å². The van der Waals surface area contributed by atoms with Crippen LogP contribution in [-0.4, -0.2) is 34.9 Å². The second-order valence-electron chi connectivity index (χ2n) is 6.36. The standard InChI is InChI=1S/C17H20N2O5/c1-10-12(7-15(20)18-8-17(2,3)21)19-16(24-10)11-4-5-13-14(6-11)23-9-22-13/h4-6,21H,7-9H2,1-3H3,(H,18,20). The van der Waals surface area contributed by atoms with Gasteiger partial charge in [-0.2, -0.15) is 0 Å². The highest BCUT2D eigenvalue weighted by Crippen LogP contribution is 2.36. The number of carbonyl (C=O) groups excluding carboxylic acids is 1. The molecule has 0 atom stereocenters. The number of carbonyl (C=O) groups is 1. The van der Waals surface area contributed by atoms with Crippen molar-refractivity contribution < 1.29 is 23.8 Å². The third kappa shape index (κ3) is 3.68. The van der Waals surface area contributed by atoms with E-state index in [-0.39, 0.29) is 25.7 Å². The molecular formula is C17H20N2O5. The van der Waals surface area contributed by atoms with Gasteiger partial charge in [-0.25, -0.2) is 4.98 Å². The summed E-state index contributed by atoms with van der Waals surface area (Å²) in [5.41, 5.74) is 0.369. The van der Waals surface area contributed by atoms with Gasteiger partial charge in [-0.05, 0) is 39.0 Å². The molecule has 1 aliphatic rings. The SMILES string of the molecule is Cc1oc(-c2ccc3c(c2)OCO3)nc1CC(=O)NCC(C)(C)O. The molecule has 3 rings (SSSR count). The molecule has 0 fully saturated rings. The predicted octanol–water partition coefficient (Wildman–Crippen LogP) is 1.81. The van der Waals surface area contributed by atoms with Crippen molar-refractivity contribution in [2.45, 2.75) is 32.8 Å². The van der Waals surface area contributed by atoms with Gasteiger partial charge in [-0.15, -0.1) is 0 Å². The zero-order valence-corrected chi connectivity index (χ0v) is 13.9. The van der Waals surface area contributed by atoms with Crippen LogP contribution >= 0.6 is 0 Å². The summed E-state index contributed by atoms with van der Waals surface area (Å²) in [5.74, 6) is 2.13. The fourth-order valence-electron chi connectivity index (χ4n) is 2.27. The molecule has 2 N–H and O–H groups in total. The van der Waals surface area contributed by atoms with Crippen molar-refractivity contribution in [1.29, 1.82) is 0 Å². The average Bonchev–Trinajstić information content (AvgIpc) is 3.11. The molecule has 7 heteroatoms. The fourth-order valence-corrected chi connectivity index (χ4v) is 2.27. The smallest absolute Gasteiger partial charge is 0.231 e. The number of rotatable bonds is 5. The van der Waals surface area contributed by atoms with Gasteiger partial charge >= 0.3 is 0 Å². The number of nitrogens with one attached hydrogen (secondary N) is 1. The molecule has 128 valence electrons. The number of benzene rings is 1. The lowest BCUT2D eigenvalue weighted by Gasteiger charge is -2.17. The van der Waals surface area contributed by atoms with Gasteiger partial charge in [0, 0.05) is 12.1 Å². The van der Waals surface area contributed by atoms with Crippen molar-refractivity contribution in [3.05, 3.63) is 29.7 Å². The molecule has 0 aliphatic carbocycles. The van der Waals surface area contributed by atoms with E-state index in [2.05, 4.69) is 10.3 Å². The van der Waals surface area contributed by atoms with Crippen LogP contribution in [0.4, 0.5) is 0 Å². The summed E-state index contributed by atoms with van der Waals surface area (Å²) in [6, 6.07) is 5.43. The van der Waals surface area contributed by atoms with Crippen molar-refractivity contribution in [1.82, 2.24) is 10.3 Å². The molecule has 0 unspecified atom stereocenters. The first-order valence-electron chi connectivity index (χ1n) is 7.67. The predicted molar refractivity (Wildman–Crippen MR) is 85.8 cm³/mol. The Balaban J connectivity index is 1.72. The Morgan fingerprint density at radius 3 is 2.83 bits per heavy atom. The number of hydrogen-bond acceptors (Lipinski definition) is 6. The molecule has 1 amide bonds. The van der Waals surface area contributed by atoms with Crippen LogP contribution in [-0.2, 0) is 11.2 Å². The van der Waals surface area contributed by atoms with Gasteiger partial charge in [-0.1, -0.05) is 0 Å². The summed E-state index contributed by atoms with van der Waals surface area (Å²) in [5, 5.41) is 12.3. The summed E-state index contributed by atoms with van der Waals surface area (Å²) in [6.07, 6.45) is 0.0932. The van der Waals surface area contributed by atoms with Crippen LogP contribution < -0.4 is 14.8 Å². The number of aromatic nitrogens is 1. The molecule has 2 aromatic rings. The Hall–Kier alpha value is -2.54. The highest BCUT2D eigenvalue weighted by atomic mass is 16.7. The van der Waals surface area contributed by atoms with Crippen LogP contribution in [0.25, 0.3) is 11.5 Å². The molecule has 2 heterocycles. The van der Waals surface area contributed by atoms with E-state index in [9.17, 15) is 9.90 Å². The van der Waals surface area contributed by atoms with Gasteiger partial charge in [-0.3, -0.25) is 4.79 Å². The molecular weight excluding hydrogens is 312 g/mol. The fraction of sp³-hybridized carbons (Fsp3) is 0.412. The highest BCUT2D eigenvalue weighted by molar-refractivity contribution is 5.78. The lowest BCUT2D eigenvalue weighted by molar-refractivity contribution is -0.121. The number of amides is 1. The van der Waals surface area contributed by atoms with Gasteiger partial charge in [0.2, 0.25) is 18.6 Å². The lowest BCUT2D eigenvalue weighted by atomic mass is 10.1. The number of ether oxygens (including phenoxy) is 2. The number of hydrogen-bond donors (Lipinski definition) is 2. The Morgan fingerprint density at radius 1 is 1.33 bits per heavy atom. The molecule has 0 saturated heterocycles. The van der Waals surface area contributed by atoms with Crippen molar-refractivity contribution in [3.8, 4) is 23.0 Å². The number of aliphatic hydroxyl groups is 1. The normalized spacial score (nSPS) is 13.2. The Bertz CT molecular complexity index is 761. The summed E-state index contributed by atoms with van der Waals surface area (Å²) < 4.78 is 16.3. The number of nitrogens with zero attached hydrogens (tertiary/aromatic N) is 1. The van der Waals surface area contributed by atoms with Gasteiger partial charge in [0.25, 0.3) is 0 Å². The van der Waals surface area contributed by atoms with Crippen molar-refractivity contribution >= 4 is 5.91 Å². The van der Waals surface area contributed by atoms with Gasteiger partial charge in [0.15, 0.2) is 11.5 Å². The maximum absolute atomic E-state index is 12.0. The Kier molecular flexibility index (Phi) is 4.19. The van der Waals surface area contributed by atoms with E-state index in [1.807, 2.05) is 6.07 Å². The molecule has 7 nitrogen and oxygen atoms in total. The average molecular weight is 332 g/mol. The molecule has 0 radical (unpaired) electrons. The summed E-state index contributed by atoms with van der Waals surface area (Å²) in [4.78, 5) is 16.4. The lowest BCUT2D eigenvalue weighted by Crippen LogP contribution is -2.38. The minimum absolute atomic E-state index is 0.0932. The summed E-state index contributed by atoms with van der Waals surface area (Å²) >= 11 is 0. The van der Waals surface area contributed by atoms with E-state index in [1.54, 1.807) is 32.9 Å². The topological polar surface area (TPSA) is 93.8 Å². The van der Waals surface area contributed by atoms with Crippen LogP contribution in [0, 0.1) is 6.92 Å². The second kappa shape index (κ2) is 6.16. The number of fused-ring (bicyclic) bond motifs is 1. The molecule has 0 bridgehead atoms. The molecule has 0 spiro atoms. The molecule has 1 aromatic heterocycles. The number of aryl methyl sites for hydroxylation is 1. The molecule has 1 aromatic carbocycles. The largest absolute Gasteiger partial charge is 0.454 e. The quantitative estimate of drug-likeness (QED) is 0.867. The molecule has 0 saturated carbocycles. The first-order chi connectivity index (χ1) is 11.3. The minimum Gasteiger partial charge on any atom is -0.454 e.